The fraction of sp³-hybridized carbons (Fsp3) is 0.500. The number of rotatable bonds is 4. The van der Waals surface area contributed by atoms with E-state index in [0.717, 1.165) is 51.0 Å². The monoisotopic (exact) mass is 342 g/mol. The number of halogens is 1. The maximum absolute atomic E-state index is 13.8. The first-order valence-electron chi connectivity index (χ1n) is 8.93. The lowest BCUT2D eigenvalue weighted by molar-refractivity contribution is 0.246. The summed E-state index contributed by atoms with van der Waals surface area (Å²) in [6.07, 6.45) is 7.23. The van der Waals surface area contributed by atoms with Crippen molar-refractivity contribution < 1.29 is 4.39 Å². The van der Waals surface area contributed by atoms with Crippen LogP contribution >= 0.6 is 0 Å². The van der Waals surface area contributed by atoms with Gasteiger partial charge in [-0.05, 0) is 25.0 Å². The molecule has 0 saturated carbocycles. The summed E-state index contributed by atoms with van der Waals surface area (Å²) in [5.41, 5.74) is 0.710. The molecule has 132 valence electrons. The molecule has 0 aromatic carbocycles. The summed E-state index contributed by atoms with van der Waals surface area (Å²) in [7, 11) is 0. The Hall–Kier alpha value is -2.28. The minimum absolute atomic E-state index is 0.226. The van der Waals surface area contributed by atoms with Crippen LogP contribution < -0.4 is 9.80 Å². The van der Waals surface area contributed by atoms with Gasteiger partial charge in [0.05, 0.1) is 6.20 Å². The summed E-state index contributed by atoms with van der Waals surface area (Å²) >= 11 is 0. The Balaban J connectivity index is 1.37. The van der Waals surface area contributed by atoms with Crippen molar-refractivity contribution >= 4 is 11.8 Å². The van der Waals surface area contributed by atoms with Gasteiger partial charge in [-0.3, -0.25) is 9.88 Å². The lowest BCUT2D eigenvalue weighted by Crippen LogP contribution is -2.46. The average molecular weight is 342 g/mol. The van der Waals surface area contributed by atoms with Crippen molar-refractivity contribution in [2.45, 2.75) is 19.4 Å². The van der Waals surface area contributed by atoms with Crippen LogP contribution in [0.25, 0.3) is 0 Å². The molecule has 4 heterocycles. The summed E-state index contributed by atoms with van der Waals surface area (Å²) in [6.45, 7) is 6.30. The van der Waals surface area contributed by atoms with Gasteiger partial charge in [-0.25, -0.2) is 9.37 Å². The quantitative estimate of drug-likeness (QED) is 0.846. The molecule has 0 N–H and O–H groups in total. The molecule has 0 amide bonds. The first-order chi connectivity index (χ1) is 12.3. The number of aromatic nitrogens is 3. The van der Waals surface area contributed by atoms with E-state index in [9.17, 15) is 4.39 Å². The second-order valence-corrected chi connectivity index (χ2v) is 6.64. The Morgan fingerprint density at radius 3 is 2.48 bits per heavy atom. The average Bonchev–Trinajstić information content (AvgIpc) is 3.19. The summed E-state index contributed by atoms with van der Waals surface area (Å²) in [5, 5.41) is 0. The van der Waals surface area contributed by atoms with E-state index in [1.807, 2.05) is 12.3 Å². The lowest BCUT2D eigenvalue weighted by Gasteiger charge is -2.35. The van der Waals surface area contributed by atoms with Crippen LogP contribution in [-0.2, 0) is 6.54 Å². The van der Waals surface area contributed by atoms with Gasteiger partial charge in [0.15, 0.2) is 0 Å². The highest BCUT2D eigenvalue weighted by Crippen LogP contribution is 2.20. The van der Waals surface area contributed by atoms with Crippen LogP contribution in [0, 0.1) is 5.82 Å². The lowest BCUT2D eigenvalue weighted by atomic mass is 10.2. The Labute approximate surface area is 147 Å². The van der Waals surface area contributed by atoms with Gasteiger partial charge in [0.1, 0.15) is 11.6 Å². The van der Waals surface area contributed by atoms with Gasteiger partial charge in [0.25, 0.3) is 0 Å². The van der Waals surface area contributed by atoms with E-state index in [4.69, 9.17) is 4.98 Å². The third-order valence-corrected chi connectivity index (χ3v) is 4.96. The fourth-order valence-corrected chi connectivity index (χ4v) is 3.49. The number of hydrogen-bond donors (Lipinski definition) is 0. The predicted octanol–water partition coefficient (Wildman–Crippen LogP) is 1.93. The summed E-state index contributed by atoms with van der Waals surface area (Å²) in [4.78, 5) is 19.8. The van der Waals surface area contributed by atoms with Gasteiger partial charge in [-0.1, -0.05) is 0 Å². The third kappa shape index (κ3) is 3.71. The number of pyridine rings is 1. The molecule has 0 radical (unpaired) electrons. The second kappa shape index (κ2) is 7.31. The van der Waals surface area contributed by atoms with Crippen molar-refractivity contribution in [2.24, 2.45) is 0 Å². The fourth-order valence-electron chi connectivity index (χ4n) is 3.49. The van der Waals surface area contributed by atoms with E-state index >= 15 is 0 Å². The highest BCUT2D eigenvalue weighted by Gasteiger charge is 2.21. The van der Waals surface area contributed by atoms with Crippen molar-refractivity contribution in [3.8, 4) is 0 Å². The van der Waals surface area contributed by atoms with Crippen LogP contribution in [0.5, 0.6) is 0 Å². The Morgan fingerprint density at radius 1 is 0.920 bits per heavy atom. The molecular formula is C18H23FN6. The molecule has 0 bridgehead atoms. The first kappa shape index (κ1) is 16.2. The zero-order valence-corrected chi connectivity index (χ0v) is 14.3. The van der Waals surface area contributed by atoms with Crippen LogP contribution in [0.1, 0.15) is 18.4 Å². The molecule has 7 heteroatoms. The number of hydrogen-bond acceptors (Lipinski definition) is 6. The third-order valence-electron chi connectivity index (χ3n) is 4.96. The molecule has 4 rings (SSSR count). The van der Waals surface area contributed by atoms with E-state index in [1.54, 1.807) is 12.3 Å². The van der Waals surface area contributed by atoms with E-state index in [2.05, 4.69) is 24.7 Å². The molecule has 0 aliphatic carbocycles. The molecule has 0 atom stereocenters. The van der Waals surface area contributed by atoms with Crippen molar-refractivity contribution in [1.82, 2.24) is 19.9 Å². The molecule has 2 saturated heterocycles. The minimum Gasteiger partial charge on any atom is -0.354 e. The number of nitrogens with zero attached hydrogens (tertiary/aromatic N) is 6. The Morgan fingerprint density at radius 2 is 1.72 bits per heavy atom. The van der Waals surface area contributed by atoms with Gasteiger partial charge >= 0.3 is 0 Å². The molecule has 2 aliphatic rings. The molecule has 6 nitrogen and oxygen atoms in total. The van der Waals surface area contributed by atoms with Crippen LogP contribution in [-0.4, -0.2) is 59.1 Å². The van der Waals surface area contributed by atoms with E-state index in [-0.39, 0.29) is 5.82 Å². The summed E-state index contributed by atoms with van der Waals surface area (Å²) < 4.78 is 13.8. The number of piperazine rings is 1. The second-order valence-electron chi connectivity index (χ2n) is 6.64. The van der Waals surface area contributed by atoms with Crippen LogP contribution in [0.3, 0.4) is 0 Å². The van der Waals surface area contributed by atoms with Crippen molar-refractivity contribution in [3.63, 3.8) is 0 Å². The highest BCUT2D eigenvalue weighted by atomic mass is 19.1. The molecule has 2 aromatic heterocycles. The zero-order chi connectivity index (χ0) is 17.1. The molecular weight excluding hydrogens is 319 g/mol. The van der Waals surface area contributed by atoms with Crippen molar-refractivity contribution in [1.29, 1.82) is 0 Å². The Kier molecular flexibility index (Phi) is 4.74. The van der Waals surface area contributed by atoms with Gasteiger partial charge in [-0.2, -0.15) is 4.98 Å². The predicted molar refractivity (Wildman–Crippen MR) is 95.2 cm³/mol. The first-order valence-corrected chi connectivity index (χ1v) is 8.93. The van der Waals surface area contributed by atoms with E-state index in [1.165, 1.54) is 19.0 Å². The SMILES string of the molecule is Fc1cnccc1CN1CCN(c2ccnc(N3CCCC3)n2)CC1. The van der Waals surface area contributed by atoms with Crippen molar-refractivity contribution in [3.05, 3.63) is 42.1 Å². The highest BCUT2D eigenvalue weighted by molar-refractivity contribution is 5.44. The smallest absolute Gasteiger partial charge is 0.227 e. The summed E-state index contributed by atoms with van der Waals surface area (Å²) in [6, 6.07) is 3.74. The zero-order valence-electron chi connectivity index (χ0n) is 14.3. The molecule has 2 aromatic rings. The summed E-state index contributed by atoms with van der Waals surface area (Å²) in [5.74, 6) is 1.61. The van der Waals surface area contributed by atoms with Gasteiger partial charge in [-0.15, -0.1) is 0 Å². The standard InChI is InChI=1S/C18H23FN6/c19-16-13-20-5-3-15(16)14-23-9-11-24(12-10-23)17-4-6-21-18(22-17)25-7-1-2-8-25/h3-6,13H,1-2,7-12,14H2. The molecule has 25 heavy (non-hydrogen) atoms. The number of anilines is 2. The topological polar surface area (TPSA) is 48.4 Å². The van der Waals surface area contributed by atoms with E-state index in [0.29, 0.717) is 12.1 Å². The molecule has 0 spiro atoms. The molecule has 2 aliphatic heterocycles. The van der Waals surface area contributed by atoms with Crippen LogP contribution in [0.2, 0.25) is 0 Å². The largest absolute Gasteiger partial charge is 0.354 e. The minimum atomic E-state index is -0.226. The Bertz CT molecular complexity index is 710. The normalized spacial score (nSPS) is 18.8. The molecule has 0 unspecified atom stereocenters. The van der Waals surface area contributed by atoms with Crippen LogP contribution in [0.15, 0.2) is 30.7 Å². The maximum Gasteiger partial charge on any atom is 0.227 e. The van der Waals surface area contributed by atoms with Gasteiger partial charge in [0, 0.05) is 63.8 Å². The van der Waals surface area contributed by atoms with Crippen molar-refractivity contribution in [2.75, 3.05) is 49.1 Å². The van der Waals surface area contributed by atoms with Gasteiger partial charge in [0.2, 0.25) is 5.95 Å². The van der Waals surface area contributed by atoms with Crippen LogP contribution in [0.4, 0.5) is 16.2 Å². The maximum atomic E-state index is 13.8. The van der Waals surface area contributed by atoms with Gasteiger partial charge < -0.3 is 9.80 Å². The molecule has 2 fully saturated rings. The van der Waals surface area contributed by atoms with E-state index < -0.39 is 0 Å².